The number of benzene rings is 1. The van der Waals surface area contributed by atoms with Crippen LogP contribution in [0.2, 0.25) is 0 Å². The third-order valence-corrected chi connectivity index (χ3v) is 4.49. The molecule has 0 fully saturated rings. The zero-order valence-corrected chi connectivity index (χ0v) is 15.3. The van der Waals surface area contributed by atoms with Gasteiger partial charge in [0, 0.05) is 0 Å². The minimum absolute atomic E-state index is 0.0446. The third kappa shape index (κ3) is 3.80. The van der Waals surface area contributed by atoms with Crippen LogP contribution in [0.3, 0.4) is 0 Å². The number of aliphatic hydroxyl groups is 1. The number of amides is 1. The Balaban J connectivity index is 1.77. The van der Waals surface area contributed by atoms with Crippen LogP contribution in [-0.4, -0.2) is 44.5 Å². The fourth-order valence-electron chi connectivity index (χ4n) is 2.85. The fourth-order valence-corrected chi connectivity index (χ4v) is 2.85. The highest BCUT2D eigenvalue weighted by Gasteiger charge is 2.33. The largest absolute Gasteiger partial charge is 0.409 e. The molecule has 28 heavy (non-hydrogen) atoms. The molecular formula is C17H21FN6O4. The number of aromatic nitrogens is 2. The number of nitrogens with zero attached hydrogens (tertiary/aromatic N) is 3. The molecular weight excluding hydrogens is 371 g/mol. The molecule has 1 aromatic heterocycles. The number of carbonyl (C=O) groups is 1. The Bertz CT molecular complexity index is 913. The summed E-state index contributed by atoms with van der Waals surface area (Å²) < 4.78 is 18.1. The van der Waals surface area contributed by atoms with E-state index in [-0.39, 0.29) is 35.7 Å². The molecule has 1 heterocycles. The molecule has 3 rings (SSSR count). The van der Waals surface area contributed by atoms with Gasteiger partial charge >= 0.3 is 0 Å². The van der Waals surface area contributed by atoms with E-state index in [2.05, 4.69) is 30.7 Å². The summed E-state index contributed by atoms with van der Waals surface area (Å²) >= 11 is 0. The molecule has 0 radical (unpaired) electrons. The number of hydrogen-bond acceptors (Lipinski definition) is 8. The monoisotopic (exact) mass is 392 g/mol. The van der Waals surface area contributed by atoms with Gasteiger partial charge in [0.1, 0.15) is 17.6 Å². The number of hydrogen-bond donors (Lipinski definition) is 5. The molecule has 2 atom stereocenters. The molecule has 11 heteroatoms. The highest BCUT2D eigenvalue weighted by molar-refractivity contribution is 5.99. The van der Waals surface area contributed by atoms with Crippen molar-refractivity contribution in [3.63, 3.8) is 0 Å². The quantitative estimate of drug-likeness (QED) is 0.201. The van der Waals surface area contributed by atoms with E-state index in [1.807, 2.05) is 0 Å². The first-order valence-electron chi connectivity index (χ1n) is 8.54. The number of carbonyl (C=O) groups excluding carboxylic acids is 1. The van der Waals surface area contributed by atoms with Gasteiger partial charge in [-0.3, -0.25) is 4.79 Å². The fraction of sp³-hybridized carbons (Fsp3) is 0.412. The lowest BCUT2D eigenvalue weighted by atomic mass is 9.83. The molecule has 1 aliphatic rings. The van der Waals surface area contributed by atoms with Crippen LogP contribution >= 0.6 is 0 Å². The molecule has 0 bridgehead atoms. The van der Waals surface area contributed by atoms with Crippen LogP contribution in [0.25, 0.3) is 0 Å². The maximum Gasteiger partial charge on any atom is 0.243 e. The van der Waals surface area contributed by atoms with E-state index in [9.17, 15) is 19.5 Å². The van der Waals surface area contributed by atoms with E-state index in [0.29, 0.717) is 6.42 Å². The number of oxime groups is 1. The van der Waals surface area contributed by atoms with Crippen LogP contribution in [0.5, 0.6) is 0 Å². The lowest BCUT2D eigenvalue weighted by Crippen LogP contribution is -2.49. The van der Waals surface area contributed by atoms with Crippen molar-refractivity contribution in [3.05, 3.63) is 46.5 Å². The normalized spacial score (nSPS) is 17.5. The van der Waals surface area contributed by atoms with E-state index in [0.717, 1.165) is 11.1 Å². The summed E-state index contributed by atoms with van der Waals surface area (Å²) in [5, 5.41) is 34.7. The van der Waals surface area contributed by atoms with Crippen molar-refractivity contribution in [1.82, 2.24) is 20.9 Å². The first-order chi connectivity index (χ1) is 13.3. The SMILES string of the molecule is CC(C)(CO)NC(=O)C(N)c1nonc1/C(=N\O)NC1Cc2ccc(F)cc21. The van der Waals surface area contributed by atoms with Crippen LogP contribution in [0, 0.1) is 5.82 Å². The second-order valence-electron chi connectivity index (χ2n) is 7.20. The minimum Gasteiger partial charge on any atom is -0.409 e. The molecule has 0 aliphatic heterocycles. The van der Waals surface area contributed by atoms with Crippen molar-refractivity contribution in [3.8, 4) is 0 Å². The van der Waals surface area contributed by atoms with Gasteiger partial charge in [-0.2, -0.15) is 0 Å². The van der Waals surface area contributed by atoms with Crippen molar-refractivity contribution in [2.45, 2.75) is 37.9 Å². The van der Waals surface area contributed by atoms with E-state index < -0.39 is 17.5 Å². The maximum atomic E-state index is 13.4. The Morgan fingerprint density at radius 1 is 1.50 bits per heavy atom. The highest BCUT2D eigenvalue weighted by Crippen LogP contribution is 2.33. The Kier molecular flexibility index (Phi) is 5.29. The smallest absolute Gasteiger partial charge is 0.243 e. The Labute approximate surface area is 159 Å². The van der Waals surface area contributed by atoms with Crippen LogP contribution in [0.1, 0.15) is 48.4 Å². The van der Waals surface area contributed by atoms with E-state index in [1.54, 1.807) is 19.9 Å². The van der Waals surface area contributed by atoms with Crippen molar-refractivity contribution in [2.75, 3.05) is 6.61 Å². The lowest BCUT2D eigenvalue weighted by Gasteiger charge is -2.31. The van der Waals surface area contributed by atoms with Gasteiger partial charge in [-0.15, -0.1) is 0 Å². The van der Waals surface area contributed by atoms with Gasteiger partial charge in [0.15, 0.2) is 11.5 Å². The Morgan fingerprint density at radius 2 is 2.25 bits per heavy atom. The number of halogens is 1. The second kappa shape index (κ2) is 7.52. The molecule has 1 aliphatic carbocycles. The number of aliphatic hydroxyl groups excluding tert-OH is 1. The van der Waals surface area contributed by atoms with Crippen molar-refractivity contribution < 1.29 is 24.1 Å². The predicted molar refractivity (Wildman–Crippen MR) is 94.8 cm³/mol. The molecule has 1 aromatic carbocycles. The summed E-state index contributed by atoms with van der Waals surface area (Å²) in [6.45, 7) is 2.95. The first-order valence-corrected chi connectivity index (χ1v) is 8.54. The zero-order chi connectivity index (χ0) is 20.5. The van der Waals surface area contributed by atoms with Crippen LogP contribution in [-0.2, 0) is 11.2 Å². The topological polar surface area (TPSA) is 159 Å². The average Bonchev–Trinajstić information content (AvgIpc) is 3.13. The van der Waals surface area contributed by atoms with Gasteiger partial charge in [0.25, 0.3) is 0 Å². The summed E-state index contributed by atoms with van der Waals surface area (Å²) in [6, 6.07) is 2.87. The van der Waals surface area contributed by atoms with Gasteiger partial charge in [0.2, 0.25) is 5.91 Å². The van der Waals surface area contributed by atoms with Gasteiger partial charge in [-0.25, -0.2) is 9.02 Å². The molecule has 0 spiro atoms. The number of fused-ring (bicyclic) bond motifs is 1. The van der Waals surface area contributed by atoms with E-state index >= 15 is 0 Å². The van der Waals surface area contributed by atoms with Crippen LogP contribution in [0.15, 0.2) is 28.0 Å². The summed E-state index contributed by atoms with van der Waals surface area (Å²) in [6.07, 6.45) is 0.590. The Hall–Kier alpha value is -3.05. The number of rotatable bonds is 6. The molecule has 6 N–H and O–H groups in total. The number of nitrogens with two attached hydrogens (primary N) is 1. The standard InChI is InChI=1S/C17H21FN6O4/c1-17(2,7-25)21-16(26)12(19)13-14(24-28-23-13)15(22-27)20-11-5-8-3-4-9(18)6-10(8)11/h3-4,6,11-12,25,27H,5,7,19H2,1-2H3,(H,20,22)(H,21,26). The molecule has 2 unspecified atom stereocenters. The zero-order valence-electron chi connectivity index (χ0n) is 15.3. The summed E-state index contributed by atoms with van der Waals surface area (Å²) in [5.74, 6) is -1.10. The maximum absolute atomic E-state index is 13.4. The van der Waals surface area contributed by atoms with Gasteiger partial charge in [-0.1, -0.05) is 16.4 Å². The predicted octanol–water partition coefficient (Wildman–Crippen LogP) is 0.118. The molecule has 2 aromatic rings. The van der Waals surface area contributed by atoms with Gasteiger partial charge in [0.05, 0.1) is 18.2 Å². The average molecular weight is 392 g/mol. The molecule has 10 nitrogen and oxygen atoms in total. The van der Waals surface area contributed by atoms with E-state index in [1.165, 1.54) is 12.1 Å². The summed E-state index contributed by atoms with van der Waals surface area (Å²) in [4.78, 5) is 12.3. The number of nitrogens with one attached hydrogen (secondary N) is 2. The minimum atomic E-state index is -1.28. The van der Waals surface area contributed by atoms with Crippen LogP contribution < -0.4 is 16.4 Å². The first kappa shape index (κ1) is 19.7. The summed E-state index contributed by atoms with van der Waals surface area (Å²) in [5.41, 5.74) is 6.65. The summed E-state index contributed by atoms with van der Waals surface area (Å²) in [7, 11) is 0. The van der Waals surface area contributed by atoms with Gasteiger partial charge < -0.3 is 26.7 Å². The Morgan fingerprint density at radius 3 is 2.93 bits per heavy atom. The molecule has 0 saturated heterocycles. The van der Waals surface area contributed by atoms with Crippen molar-refractivity contribution in [2.24, 2.45) is 10.9 Å². The highest BCUT2D eigenvalue weighted by atomic mass is 19.1. The van der Waals surface area contributed by atoms with E-state index in [4.69, 9.17) is 5.73 Å². The van der Waals surface area contributed by atoms with Crippen LogP contribution in [0.4, 0.5) is 4.39 Å². The van der Waals surface area contributed by atoms with Crippen molar-refractivity contribution >= 4 is 11.7 Å². The third-order valence-electron chi connectivity index (χ3n) is 4.49. The second-order valence-corrected chi connectivity index (χ2v) is 7.20. The van der Waals surface area contributed by atoms with Gasteiger partial charge in [-0.05, 0) is 48.7 Å². The number of amidine groups is 1. The lowest BCUT2D eigenvalue weighted by molar-refractivity contribution is -0.124. The molecule has 1 amide bonds. The molecule has 0 saturated carbocycles. The molecule has 150 valence electrons. The van der Waals surface area contributed by atoms with Crippen molar-refractivity contribution in [1.29, 1.82) is 0 Å².